The zero-order chi connectivity index (χ0) is 22.3. The van der Waals surface area contributed by atoms with Crippen LogP contribution in [0.2, 0.25) is 5.02 Å². The smallest absolute Gasteiger partial charge is 0.261 e. The first-order valence-corrected chi connectivity index (χ1v) is 11.9. The summed E-state index contributed by atoms with van der Waals surface area (Å²) < 4.78 is 2.02. The number of Topliss-reactive ketones (excluding diaryl/α,β-unsaturated/α-hetero) is 1. The van der Waals surface area contributed by atoms with Crippen molar-refractivity contribution in [2.24, 2.45) is 0 Å². The molecule has 0 unspecified atom stereocenters. The predicted octanol–water partition coefficient (Wildman–Crippen LogP) is 5.78. The van der Waals surface area contributed by atoms with Crippen molar-refractivity contribution in [1.29, 1.82) is 0 Å². The van der Waals surface area contributed by atoms with Gasteiger partial charge in [-0.15, -0.1) is 11.3 Å². The number of benzene rings is 2. The molecule has 0 saturated heterocycles. The van der Waals surface area contributed by atoms with Crippen molar-refractivity contribution in [3.63, 3.8) is 0 Å². The fraction of sp³-hybridized carbons (Fsp3) is 0.240. The van der Waals surface area contributed by atoms with Gasteiger partial charge in [-0.1, -0.05) is 36.2 Å². The number of nitrogens with one attached hydrogen (secondary N) is 1. The van der Waals surface area contributed by atoms with Crippen LogP contribution in [0.25, 0.3) is 11.0 Å². The highest BCUT2D eigenvalue weighted by Gasteiger charge is 2.15. The number of thiophene rings is 1. The number of hydrogen-bond donors (Lipinski definition) is 1. The number of aryl methyl sites for hydroxylation is 1. The second kappa shape index (κ2) is 10.6. The molecule has 0 fully saturated rings. The Balaban J connectivity index is 1.35. The Kier molecular flexibility index (Phi) is 7.35. The summed E-state index contributed by atoms with van der Waals surface area (Å²) in [6.45, 7) is 0.899. The van der Waals surface area contributed by atoms with Gasteiger partial charge < -0.3 is 9.88 Å². The summed E-state index contributed by atoms with van der Waals surface area (Å²) in [5.74, 6) is 0.931. The minimum absolute atomic E-state index is 0.0116. The van der Waals surface area contributed by atoms with Crippen LogP contribution in [0.1, 0.15) is 45.1 Å². The monoisotopic (exact) mass is 465 g/mol. The van der Waals surface area contributed by atoms with Gasteiger partial charge in [-0.3, -0.25) is 9.59 Å². The van der Waals surface area contributed by atoms with Crippen LogP contribution in [0.15, 0.2) is 66.0 Å². The summed E-state index contributed by atoms with van der Waals surface area (Å²) in [5, 5.41) is 5.48. The van der Waals surface area contributed by atoms with Crippen LogP contribution in [0.3, 0.4) is 0 Å². The Labute approximate surface area is 196 Å². The number of carbonyl (C=O) groups is 2. The fourth-order valence-corrected chi connectivity index (χ4v) is 4.41. The number of nitrogens with zero attached hydrogens (tertiary/aromatic N) is 2. The summed E-state index contributed by atoms with van der Waals surface area (Å²) in [5.41, 5.74) is 2.50. The van der Waals surface area contributed by atoms with Crippen LogP contribution < -0.4 is 5.32 Å². The highest BCUT2D eigenvalue weighted by Crippen LogP contribution is 2.19. The third-order valence-corrected chi connectivity index (χ3v) is 6.43. The highest BCUT2D eigenvalue weighted by atomic mass is 35.5. The first-order chi connectivity index (χ1) is 15.6. The van der Waals surface area contributed by atoms with E-state index in [1.165, 1.54) is 11.3 Å². The molecular weight excluding hydrogens is 442 g/mol. The molecular formula is C25H24ClN3O2S. The van der Waals surface area contributed by atoms with Crippen molar-refractivity contribution < 1.29 is 9.59 Å². The number of amides is 1. The third kappa shape index (κ3) is 5.44. The summed E-state index contributed by atoms with van der Waals surface area (Å²) in [7, 11) is 0. The molecule has 0 aliphatic carbocycles. The van der Waals surface area contributed by atoms with Gasteiger partial charge in [0.25, 0.3) is 5.91 Å². The van der Waals surface area contributed by atoms with E-state index in [0.717, 1.165) is 47.4 Å². The molecule has 0 bridgehead atoms. The molecule has 2 heterocycles. The minimum atomic E-state index is -0.0116. The number of unbranched alkanes of at least 4 members (excludes halogenated alkanes) is 2. The fourth-order valence-electron chi connectivity index (χ4n) is 3.65. The van der Waals surface area contributed by atoms with Crippen LogP contribution in [-0.2, 0) is 13.0 Å². The molecule has 0 aliphatic heterocycles. The van der Waals surface area contributed by atoms with Crippen LogP contribution in [0.5, 0.6) is 0 Å². The minimum Gasteiger partial charge on any atom is -0.351 e. The van der Waals surface area contributed by atoms with Crippen LogP contribution in [0.4, 0.5) is 0 Å². The molecule has 0 atom stereocenters. The number of imidazole rings is 1. The quantitative estimate of drug-likeness (QED) is 0.238. The van der Waals surface area contributed by atoms with E-state index in [0.29, 0.717) is 17.1 Å². The molecule has 2 aromatic carbocycles. The molecule has 4 rings (SSSR count). The number of rotatable bonds is 10. The average Bonchev–Trinajstić information content (AvgIpc) is 3.45. The number of halogens is 1. The maximum atomic E-state index is 12.9. The maximum absolute atomic E-state index is 12.9. The molecule has 4 aromatic rings. The molecule has 0 aliphatic rings. The number of fused-ring (bicyclic) bond motifs is 1. The van der Waals surface area contributed by atoms with E-state index in [-0.39, 0.29) is 18.2 Å². The number of aromatic nitrogens is 2. The lowest BCUT2D eigenvalue weighted by Gasteiger charge is -2.09. The SMILES string of the molecule is O=C(Cn1c(CCCCCNC(=O)c2cccs2)nc2ccccc21)c1ccc(Cl)cc1. The molecule has 164 valence electrons. The van der Waals surface area contributed by atoms with Gasteiger partial charge in [0, 0.05) is 23.6 Å². The van der Waals surface area contributed by atoms with Gasteiger partial charge in [0.2, 0.25) is 0 Å². The molecule has 1 amide bonds. The summed E-state index contributed by atoms with van der Waals surface area (Å²) in [6, 6.07) is 18.6. The molecule has 2 aromatic heterocycles. The Morgan fingerprint density at radius 1 is 0.969 bits per heavy atom. The predicted molar refractivity (Wildman–Crippen MR) is 130 cm³/mol. The Hall–Kier alpha value is -2.96. The van der Waals surface area contributed by atoms with E-state index < -0.39 is 0 Å². The van der Waals surface area contributed by atoms with Crippen LogP contribution >= 0.6 is 22.9 Å². The van der Waals surface area contributed by atoms with Crippen molar-refractivity contribution in [3.8, 4) is 0 Å². The summed E-state index contributed by atoms with van der Waals surface area (Å²) in [4.78, 5) is 30.4. The van der Waals surface area contributed by atoms with Gasteiger partial charge in [0.1, 0.15) is 5.82 Å². The van der Waals surface area contributed by atoms with E-state index >= 15 is 0 Å². The molecule has 0 spiro atoms. The Bertz CT molecular complexity index is 1200. The summed E-state index contributed by atoms with van der Waals surface area (Å²) in [6.07, 6.45) is 3.59. The normalized spacial score (nSPS) is 11.0. The van der Waals surface area contributed by atoms with Gasteiger partial charge in [-0.25, -0.2) is 4.98 Å². The second-order valence-corrected chi connectivity index (χ2v) is 8.96. The number of carbonyl (C=O) groups excluding carboxylic acids is 2. The van der Waals surface area contributed by atoms with Crippen molar-refractivity contribution in [1.82, 2.24) is 14.9 Å². The van der Waals surface area contributed by atoms with Crippen LogP contribution in [0, 0.1) is 0 Å². The largest absolute Gasteiger partial charge is 0.351 e. The Morgan fingerprint density at radius 2 is 1.78 bits per heavy atom. The van der Waals surface area contributed by atoms with Gasteiger partial charge in [-0.05, 0) is 60.7 Å². The van der Waals surface area contributed by atoms with Gasteiger partial charge in [-0.2, -0.15) is 0 Å². The molecule has 0 radical (unpaired) electrons. The van der Waals surface area contributed by atoms with Crippen molar-refractivity contribution in [3.05, 3.63) is 87.3 Å². The Morgan fingerprint density at radius 3 is 2.56 bits per heavy atom. The average molecular weight is 466 g/mol. The first-order valence-electron chi connectivity index (χ1n) is 10.7. The lowest BCUT2D eigenvalue weighted by atomic mass is 10.1. The highest BCUT2D eigenvalue weighted by molar-refractivity contribution is 7.12. The maximum Gasteiger partial charge on any atom is 0.261 e. The topological polar surface area (TPSA) is 64.0 Å². The molecule has 5 nitrogen and oxygen atoms in total. The standard InChI is InChI=1S/C25H24ClN3O2S/c26-19-13-11-18(12-14-19)22(30)17-29-21-8-4-3-7-20(21)28-24(29)10-2-1-5-15-27-25(31)23-9-6-16-32-23/h3-4,6-9,11-14,16H,1-2,5,10,15,17H2,(H,27,31). The third-order valence-electron chi connectivity index (χ3n) is 5.31. The number of para-hydroxylation sites is 2. The molecule has 7 heteroatoms. The lowest BCUT2D eigenvalue weighted by molar-refractivity contribution is 0.0954. The van der Waals surface area contributed by atoms with Gasteiger partial charge in [0.15, 0.2) is 5.78 Å². The molecule has 1 N–H and O–H groups in total. The van der Waals surface area contributed by atoms with E-state index in [9.17, 15) is 9.59 Å². The van der Waals surface area contributed by atoms with E-state index in [1.807, 2.05) is 46.3 Å². The van der Waals surface area contributed by atoms with Crippen molar-refractivity contribution in [2.45, 2.75) is 32.2 Å². The molecule has 0 saturated carbocycles. The molecule has 32 heavy (non-hydrogen) atoms. The van der Waals surface area contributed by atoms with Crippen LogP contribution in [-0.4, -0.2) is 27.8 Å². The summed E-state index contributed by atoms with van der Waals surface area (Å²) >= 11 is 7.40. The van der Waals surface area contributed by atoms with Gasteiger partial charge in [0.05, 0.1) is 22.5 Å². The number of hydrogen-bond acceptors (Lipinski definition) is 4. The lowest BCUT2D eigenvalue weighted by Crippen LogP contribution is -2.23. The number of ketones is 1. The first kappa shape index (κ1) is 22.2. The van der Waals surface area contributed by atoms with Crippen molar-refractivity contribution >= 4 is 45.7 Å². The second-order valence-electron chi connectivity index (χ2n) is 7.58. The van der Waals surface area contributed by atoms with Gasteiger partial charge >= 0.3 is 0 Å². The van der Waals surface area contributed by atoms with E-state index in [4.69, 9.17) is 16.6 Å². The zero-order valence-corrected chi connectivity index (χ0v) is 19.2. The van der Waals surface area contributed by atoms with Crippen molar-refractivity contribution in [2.75, 3.05) is 6.54 Å². The van der Waals surface area contributed by atoms with E-state index in [2.05, 4.69) is 5.32 Å². The zero-order valence-electron chi connectivity index (χ0n) is 17.6. The van der Waals surface area contributed by atoms with E-state index in [1.54, 1.807) is 24.3 Å².